The lowest BCUT2D eigenvalue weighted by Gasteiger charge is -2.28. The topological polar surface area (TPSA) is 124 Å². The predicted molar refractivity (Wildman–Crippen MR) is 113 cm³/mol. The second-order valence-corrected chi connectivity index (χ2v) is 9.67. The van der Waals surface area contributed by atoms with Crippen molar-refractivity contribution in [3.05, 3.63) is 72.1 Å². The number of sulfone groups is 1. The van der Waals surface area contributed by atoms with Crippen molar-refractivity contribution in [2.45, 2.75) is 19.0 Å². The van der Waals surface area contributed by atoms with Crippen molar-refractivity contribution in [3.8, 4) is 5.69 Å². The zero-order chi connectivity index (χ0) is 22.6. The molecule has 1 aromatic heterocycles. The van der Waals surface area contributed by atoms with Gasteiger partial charge in [-0.05, 0) is 40.6 Å². The van der Waals surface area contributed by atoms with E-state index in [9.17, 15) is 18.0 Å². The summed E-state index contributed by atoms with van der Waals surface area (Å²) in [5, 5.41) is 10.9. The molecule has 1 unspecified atom stereocenters. The van der Waals surface area contributed by atoms with Gasteiger partial charge in [-0.1, -0.05) is 36.4 Å². The molecule has 11 heteroatoms. The highest BCUT2D eigenvalue weighted by Gasteiger charge is 2.35. The smallest absolute Gasteiger partial charge is 0.338 e. The van der Waals surface area contributed by atoms with Crippen molar-refractivity contribution in [3.63, 3.8) is 0 Å². The number of tetrazole rings is 1. The number of carbonyl (C=O) groups excluding carboxylic acids is 2. The molecule has 1 amide bonds. The van der Waals surface area contributed by atoms with E-state index in [2.05, 4.69) is 15.5 Å². The van der Waals surface area contributed by atoms with E-state index in [1.165, 1.54) is 15.9 Å². The van der Waals surface area contributed by atoms with Gasteiger partial charge in [-0.2, -0.15) is 0 Å². The molecule has 0 radical (unpaired) electrons. The molecule has 166 valence electrons. The summed E-state index contributed by atoms with van der Waals surface area (Å²) in [6.45, 7) is -0.247. The van der Waals surface area contributed by atoms with Crippen LogP contribution < -0.4 is 0 Å². The molecule has 10 nitrogen and oxygen atoms in total. The molecular formula is C21H21N5O5S. The number of nitrogens with zero attached hydrogens (tertiary/aromatic N) is 5. The Kier molecular flexibility index (Phi) is 6.26. The number of ether oxygens (including phenoxy) is 1. The first kappa shape index (κ1) is 21.6. The monoisotopic (exact) mass is 455 g/mol. The van der Waals surface area contributed by atoms with Gasteiger partial charge in [0.05, 0.1) is 22.8 Å². The van der Waals surface area contributed by atoms with Crippen LogP contribution in [-0.4, -0.2) is 69.6 Å². The van der Waals surface area contributed by atoms with Crippen LogP contribution >= 0.6 is 0 Å². The van der Waals surface area contributed by atoms with Crippen molar-refractivity contribution < 1.29 is 22.7 Å². The Morgan fingerprint density at radius 1 is 1.12 bits per heavy atom. The Morgan fingerprint density at radius 3 is 2.62 bits per heavy atom. The van der Waals surface area contributed by atoms with E-state index in [1.54, 1.807) is 24.3 Å². The summed E-state index contributed by atoms with van der Waals surface area (Å²) in [6, 6.07) is 15.3. The fraction of sp³-hybridized carbons (Fsp3) is 0.286. The van der Waals surface area contributed by atoms with Crippen molar-refractivity contribution in [2.75, 3.05) is 18.1 Å². The molecule has 1 aliphatic heterocycles. The number of amides is 1. The molecule has 1 aliphatic rings. The van der Waals surface area contributed by atoms with E-state index in [0.717, 1.165) is 5.56 Å². The molecule has 0 aliphatic carbocycles. The van der Waals surface area contributed by atoms with Crippen LogP contribution in [0.4, 0.5) is 0 Å². The van der Waals surface area contributed by atoms with Gasteiger partial charge in [0.2, 0.25) is 0 Å². The van der Waals surface area contributed by atoms with E-state index in [0.29, 0.717) is 12.1 Å². The second-order valence-electron chi connectivity index (χ2n) is 7.44. The van der Waals surface area contributed by atoms with Gasteiger partial charge in [0.1, 0.15) is 6.33 Å². The van der Waals surface area contributed by atoms with E-state index in [1.807, 2.05) is 30.3 Å². The Morgan fingerprint density at radius 2 is 1.94 bits per heavy atom. The predicted octanol–water partition coefficient (Wildman–Crippen LogP) is 1.04. The Labute approximate surface area is 184 Å². The Hall–Kier alpha value is -3.60. The molecule has 4 rings (SSSR count). The van der Waals surface area contributed by atoms with Gasteiger partial charge in [-0.25, -0.2) is 17.9 Å². The van der Waals surface area contributed by atoms with Crippen LogP contribution in [0.5, 0.6) is 0 Å². The number of carbonyl (C=O) groups is 2. The summed E-state index contributed by atoms with van der Waals surface area (Å²) in [5.74, 6) is -1.17. The highest BCUT2D eigenvalue weighted by atomic mass is 32.2. The Bertz CT molecular complexity index is 1200. The van der Waals surface area contributed by atoms with Gasteiger partial charge >= 0.3 is 5.97 Å². The molecule has 0 spiro atoms. The first-order valence-corrected chi connectivity index (χ1v) is 11.8. The van der Waals surface area contributed by atoms with Crippen LogP contribution in [0.1, 0.15) is 22.3 Å². The summed E-state index contributed by atoms with van der Waals surface area (Å²) >= 11 is 0. The third-order valence-electron chi connectivity index (χ3n) is 5.19. The molecule has 0 bridgehead atoms. The van der Waals surface area contributed by atoms with Crippen LogP contribution in [0.2, 0.25) is 0 Å². The number of benzene rings is 2. The first-order chi connectivity index (χ1) is 15.4. The molecule has 1 atom stereocenters. The SMILES string of the molecule is O=C(OCC(=O)N(Cc1ccccc1)C1CCS(=O)(=O)C1)c1cccc(-n2cnnn2)c1. The maximum Gasteiger partial charge on any atom is 0.338 e. The van der Waals surface area contributed by atoms with Crippen molar-refractivity contribution in [1.29, 1.82) is 0 Å². The highest BCUT2D eigenvalue weighted by Crippen LogP contribution is 2.21. The quantitative estimate of drug-likeness (QED) is 0.484. The number of hydrogen-bond donors (Lipinski definition) is 0. The molecule has 1 saturated heterocycles. The third-order valence-corrected chi connectivity index (χ3v) is 6.94. The lowest BCUT2D eigenvalue weighted by molar-refractivity contribution is -0.137. The summed E-state index contributed by atoms with van der Waals surface area (Å²) in [5.41, 5.74) is 1.67. The van der Waals surface area contributed by atoms with Gasteiger partial charge in [0, 0.05) is 12.6 Å². The van der Waals surface area contributed by atoms with E-state index < -0.39 is 34.4 Å². The van der Waals surface area contributed by atoms with Crippen LogP contribution in [0.3, 0.4) is 0 Å². The summed E-state index contributed by atoms with van der Waals surface area (Å²) in [7, 11) is -3.19. The minimum atomic E-state index is -3.19. The normalized spacial score (nSPS) is 17.1. The summed E-state index contributed by atoms with van der Waals surface area (Å²) in [4.78, 5) is 27.0. The first-order valence-electron chi connectivity index (χ1n) is 9.96. The fourth-order valence-corrected chi connectivity index (χ4v) is 5.30. The van der Waals surface area contributed by atoms with Crippen molar-refractivity contribution >= 4 is 21.7 Å². The average Bonchev–Trinajstić information content (AvgIpc) is 3.46. The van der Waals surface area contributed by atoms with E-state index in [-0.39, 0.29) is 23.6 Å². The van der Waals surface area contributed by atoms with Gasteiger partial charge in [0.15, 0.2) is 16.4 Å². The third kappa shape index (κ3) is 5.17. The molecule has 3 aromatic rings. The molecule has 0 saturated carbocycles. The molecule has 0 N–H and O–H groups in total. The van der Waals surface area contributed by atoms with Gasteiger partial charge in [-0.3, -0.25) is 4.79 Å². The van der Waals surface area contributed by atoms with Gasteiger partial charge < -0.3 is 9.64 Å². The van der Waals surface area contributed by atoms with Gasteiger partial charge in [-0.15, -0.1) is 5.10 Å². The second kappa shape index (κ2) is 9.27. The van der Waals surface area contributed by atoms with Crippen LogP contribution in [-0.2, 0) is 25.9 Å². The minimum absolute atomic E-state index is 0.0416. The zero-order valence-corrected chi connectivity index (χ0v) is 17.9. The standard InChI is InChI=1S/C21H21N5O5S/c27-20(13-31-21(28)17-7-4-8-18(11-17)26-15-22-23-24-26)25(12-16-5-2-1-3-6-16)19-9-10-32(29,30)14-19/h1-8,11,15,19H,9-10,12-14H2. The fourth-order valence-electron chi connectivity index (χ4n) is 3.57. The number of hydrogen-bond acceptors (Lipinski definition) is 8. The number of esters is 1. The van der Waals surface area contributed by atoms with Crippen molar-refractivity contribution in [2.24, 2.45) is 0 Å². The van der Waals surface area contributed by atoms with E-state index >= 15 is 0 Å². The lowest BCUT2D eigenvalue weighted by atomic mass is 10.1. The minimum Gasteiger partial charge on any atom is -0.452 e. The van der Waals surface area contributed by atoms with E-state index in [4.69, 9.17) is 4.74 Å². The molecular weight excluding hydrogens is 434 g/mol. The lowest BCUT2D eigenvalue weighted by Crippen LogP contribution is -2.42. The molecule has 1 fully saturated rings. The largest absolute Gasteiger partial charge is 0.452 e. The molecule has 32 heavy (non-hydrogen) atoms. The number of rotatable bonds is 7. The molecule has 2 aromatic carbocycles. The maximum atomic E-state index is 13.0. The van der Waals surface area contributed by atoms with Crippen molar-refractivity contribution in [1.82, 2.24) is 25.1 Å². The zero-order valence-electron chi connectivity index (χ0n) is 17.1. The van der Waals surface area contributed by atoms with Crippen LogP contribution in [0.15, 0.2) is 60.9 Å². The Balaban J connectivity index is 1.45. The average molecular weight is 455 g/mol. The summed E-state index contributed by atoms with van der Waals surface area (Å²) < 4.78 is 30.6. The molecule has 2 heterocycles. The van der Waals surface area contributed by atoms with Gasteiger partial charge in [0.25, 0.3) is 5.91 Å². The van der Waals surface area contributed by atoms with Crippen LogP contribution in [0, 0.1) is 0 Å². The maximum absolute atomic E-state index is 13.0. The highest BCUT2D eigenvalue weighted by molar-refractivity contribution is 7.91. The van der Waals surface area contributed by atoms with Crippen LogP contribution in [0.25, 0.3) is 5.69 Å². The summed E-state index contributed by atoms with van der Waals surface area (Å²) in [6.07, 6.45) is 1.76. The number of aromatic nitrogens is 4.